The minimum atomic E-state index is -0.316. The van der Waals surface area contributed by atoms with Crippen LogP contribution in [0.2, 0.25) is 0 Å². The molecule has 0 fully saturated rings. The molecule has 6 heteroatoms. The summed E-state index contributed by atoms with van der Waals surface area (Å²) in [5.41, 5.74) is 1.97. The van der Waals surface area contributed by atoms with E-state index in [-0.39, 0.29) is 17.6 Å². The van der Waals surface area contributed by atoms with Crippen LogP contribution < -0.4 is 5.32 Å². The van der Waals surface area contributed by atoms with Gasteiger partial charge in [-0.3, -0.25) is 9.59 Å². The third-order valence-corrected chi connectivity index (χ3v) is 3.12. The Hall–Kier alpha value is -2.63. The van der Waals surface area contributed by atoms with Crippen LogP contribution in [-0.2, 0) is 16.0 Å². The lowest BCUT2D eigenvalue weighted by atomic mass is 10.1. The quantitative estimate of drug-likeness (QED) is 0.830. The Morgan fingerprint density at radius 3 is 2.82 bits per heavy atom. The van der Waals surface area contributed by atoms with Crippen molar-refractivity contribution in [2.75, 3.05) is 12.4 Å². The van der Waals surface area contributed by atoms with Crippen LogP contribution in [0.25, 0.3) is 0 Å². The molecule has 6 nitrogen and oxygen atoms in total. The van der Waals surface area contributed by atoms with Crippen LogP contribution in [0.5, 0.6) is 0 Å². The number of nitrogens with one attached hydrogen (secondary N) is 1. The first kappa shape index (κ1) is 15.8. The molecule has 0 radical (unpaired) electrons. The predicted octanol–water partition coefficient (Wildman–Crippen LogP) is 2.73. The topological polar surface area (TPSA) is 81.4 Å². The minimum Gasteiger partial charge on any atom is -0.469 e. The van der Waals surface area contributed by atoms with Gasteiger partial charge >= 0.3 is 5.97 Å². The number of methoxy groups -OCH3 is 1. The van der Waals surface area contributed by atoms with Gasteiger partial charge in [-0.15, -0.1) is 0 Å². The number of hydrogen-bond donors (Lipinski definition) is 1. The number of benzene rings is 1. The monoisotopic (exact) mass is 302 g/mol. The number of nitrogens with zero attached hydrogens (tertiary/aromatic N) is 1. The molecule has 1 N–H and O–H groups in total. The van der Waals surface area contributed by atoms with Crippen molar-refractivity contribution in [2.45, 2.75) is 26.2 Å². The number of aryl methyl sites for hydroxylation is 2. The van der Waals surface area contributed by atoms with Crippen molar-refractivity contribution in [3.8, 4) is 0 Å². The van der Waals surface area contributed by atoms with E-state index in [1.165, 1.54) is 7.11 Å². The number of anilines is 1. The van der Waals surface area contributed by atoms with Gasteiger partial charge in [0, 0.05) is 18.2 Å². The largest absolute Gasteiger partial charge is 0.469 e. The zero-order valence-electron chi connectivity index (χ0n) is 12.6. The molecule has 0 unspecified atom stereocenters. The van der Waals surface area contributed by atoms with Gasteiger partial charge in [-0.05, 0) is 37.5 Å². The van der Waals surface area contributed by atoms with E-state index in [0.717, 1.165) is 12.0 Å². The van der Waals surface area contributed by atoms with E-state index in [0.29, 0.717) is 24.3 Å². The van der Waals surface area contributed by atoms with Crippen molar-refractivity contribution >= 4 is 17.6 Å². The third kappa shape index (κ3) is 4.44. The fourth-order valence-electron chi connectivity index (χ4n) is 2.01. The molecule has 2 aromatic rings. The van der Waals surface area contributed by atoms with Crippen molar-refractivity contribution in [2.24, 2.45) is 0 Å². The summed E-state index contributed by atoms with van der Waals surface area (Å²) in [5, 5.41) is 6.44. The van der Waals surface area contributed by atoms with Crippen LogP contribution >= 0.6 is 0 Å². The third-order valence-electron chi connectivity index (χ3n) is 3.12. The van der Waals surface area contributed by atoms with Gasteiger partial charge in [-0.2, -0.15) is 0 Å². The van der Waals surface area contributed by atoms with E-state index >= 15 is 0 Å². The fourth-order valence-corrected chi connectivity index (χ4v) is 2.01. The summed E-state index contributed by atoms with van der Waals surface area (Å²) in [7, 11) is 1.38. The molecule has 1 aromatic heterocycles. The molecular weight excluding hydrogens is 284 g/mol. The van der Waals surface area contributed by atoms with E-state index < -0.39 is 0 Å². The van der Waals surface area contributed by atoms with Crippen LogP contribution in [0.1, 0.15) is 34.7 Å². The highest BCUT2D eigenvalue weighted by Gasteiger charge is 2.11. The summed E-state index contributed by atoms with van der Waals surface area (Å²) in [5.74, 6) is 0.0520. The van der Waals surface area contributed by atoms with Crippen LogP contribution in [0.15, 0.2) is 34.9 Å². The van der Waals surface area contributed by atoms with Crippen molar-refractivity contribution in [1.82, 2.24) is 5.16 Å². The Bertz CT molecular complexity index is 664. The summed E-state index contributed by atoms with van der Waals surface area (Å²) in [6.07, 6.45) is 1.82. The highest BCUT2D eigenvalue weighted by atomic mass is 16.5. The maximum atomic E-state index is 12.0. The minimum absolute atomic E-state index is 0.217. The predicted molar refractivity (Wildman–Crippen MR) is 80.6 cm³/mol. The van der Waals surface area contributed by atoms with Crippen molar-refractivity contribution in [3.05, 3.63) is 47.3 Å². The first-order valence-electron chi connectivity index (χ1n) is 6.99. The molecule has 0 aliphatic heterocycles. The standard InChI is InChI=1S/C16H18N2O4/c1-11-9-14(18-22-11)16(20)17-13-7-3-5-12(10-13)6-4-8-15(19)21-2/h3,5,7,9-10H,4,6,8H2,1-2H3,(H,17,20). The van der Waals surface area contributed by atoms with E-state index in [2.05, 4.69) is 15.2 Å². The highest BCUT2D eigenvalue weighted by molar-refractivity contribution is 6.02. The molecule has 0 saturated heterocycles. The van der Waals surface area contributed by atoms with Gasteiger partial charge in [0.05, 0.1) is 7.11 Å². The lowest BCUT2D eigenvalue weighted by Crippen LogP contribution is -2.12. The van der Waals surface area contributed by atoms with E-state index in [9.17, 15) is 9.59 Å². The molecule has 0 bridgehead atoms. The number of rotatable bonds is 6. The van der Waals surface area contributed by atoms with Gasteiger partial charge in [0.15, 0.2) is 5.69 Å². The number of carbonyl (C=O) groups excluding carboxylic acids is 2. The number of esters is 1. The Morgan fingerprint density at radius 2 is 2.14 bits per heavy atom. The van der Waals surface area contributed by atoms with Gasteiger partial charge in [0.25, 0.3) is 5.91 Å². The van der Waals surface area contributed by atoms with Crippen LogP contribution in [0.4, 0.5) is 5.69 Å². The summed E-state index contributed by atoms with van der Waals surface area (Å²) >= 11 is 0. The van der Waals surface area contributed by atoms with Gasteiger partial charge in [0.2, 0.25) is 0 Å². The number of aromatic nitrogens is 1. The Balaban J connectivity index is 1.93. The SMILES string of the molecule is COC(=O)CCCc1cccc(NC(=O)c2cc(C)on2)c1. The average molecular weight is 302 g/mol. The smallest absolute Gasteiger partial charge is 0.305 e. The van der Waals surface area contributed by atoms with Crippen molar-refractivity contribution in [3.63, 3.8) is 0 Å². The fraction of sp³-hybridized carbons (Fsp3) is 0.312. The normalized spacial score (nSPS) is 10.3. The zero-order valence-corrected chi connectivity index (χ0v) is 12.6. The first-order valence-corrected chi connectivity index (χ1v) is 6.99. The second kappa shape index (κ2) is 7.40. The number of hydrogen-bond acceptors (Lipinski definition) is 5. The zero-order chi connectivity index (χ0) is 15.9. The Morgan fingerprint density at radius 1 is 1.32 bits per heavy atom. The molecule has 1 heterocycles. The number of amides is 1. The molecule has 1 amide bonds. The van der Waals surface area contributed by atoms with Crippen LogP contribution in [0.3, 0.4) is 0 Å². The molecule has 2 rings (SSSR count). The first-order chi connectivity index (χ1) is 10.6. The summed E-state index contributed by atoms with van der Waals surface area (Å²) < 4.78 is 9.48. The van der Waals surface area contributed by atoms with E-state index in [4.69, 9.17) is 4.52 Å². The van der Waals surface area contributed by atoms with E-state index in [1.54, 1.807) is 19.1 Å². The maximum Gasteiger partial charge on any atom is 0.305 e. The lowest BCUT2D eigenvalue weighted by Gasteiger charge is -2.06. The van der Waals surface area contributed by atoms with Gasteiger partial charge in [0.1, 0.15) is 5.76 Å². The Kier molecular flexibility index (Phi) is 5.30. The van der Waals surface area contributed by atoms with Gasteiger partial charge in [-0.25, -0.2) is 0 Å². The van der Waals surface area contributed by atoms with Gasteiger partial charge in [-0.1, -0.05) is 17.3 Å². The number of ether oxygens (including phenoxy) is 1. The van der Waals surface area contributed by atoms with Crippen molar-refractivity contribution in [1.29, 1.82) is 0 Å². The molecule has 1 aromatic carbocycles. The molecule has 0 aliphatic carbocycles. The molecular formula is C16H18N2O4. The lowest BCUT2D eigenvalue weighted by molar-refractivity contribution is -0.140. The molecule has 0 saturated carbocycles. The van der Waals surface area contributed by atoms with Crippen LogP contribution in [0, 0.1) is 6.92 Å². The molecule has 0 atom stereocenters. The van der Waals surface area contributed by atoms with Crippen LogP contribution in [-0.4, -0.2) is 24.1 Å². The molecule has 22 heavy (non-hydrogen) atoms. The highest BCUT2D eigenvalue weighted by Crippen LogP contribution is 2.14. The summed E-state index contributed by atoms with van der Waals surface area (Å²) in [4.78, 5) is 23.1. The summed E-state index contributed by atoms with van der Waals surface area (Å²) in [6, 6.07) is 9.07. The van der Waals surface area contributed by atoms with E-state index in [1.807, 2.05) is 18.2 Å². The second-order valence-corrected chi connectivity index (χ2v) is 4.91. The maximum absolute atomic E-state index is 12.0. The molecule has 0 aliphatic rings. The summed E-state index contributed by atoms with van der Waals surface area (Å²) in [6.45, 7) is 1.73. The number of carbonyl (C=O) groups is 2. The van der Waals surface area contributed by atoms with Crippen molar-refractivity contribution < 1.29 is 18.8 Å². The van der Waals surface area contributed by atoms with Gasteiger partial charge < -0.3 is 14.6 Å². The average Bonchev–Trinajstić information content (AvgIpc) is 2.94. The Labute approximate surface area is 128 Å². The molecule has 0 spiro atoms. The molecule has 116 valence electrons. The second-order valence-electron chi connectivity index (χ2n) is 4.91.